The number of aldehydes is 2. The first kappa shape index (κ1) is 10.6. The number of rotatable bonds is 5. The van der Waals surface area contributed by atoms with Crippen molar-refractivity contribution in [2.45, 2.75) is 12.5 Å². The molecule has 3 heteroatoms. The van der Waals surface area contributed by atoms with Crippen LogP contribution in [0.1, 0.15) is 5.56 Å². The largest absolute Gasteiger partial charge is 0.321 e. The summed E-state index contributed by atoms with van der Waals surface area (Å²) in [7, 11) is 0. The summed E-state index contributed by atoms with van der Waals surface area (Å²) in [5.41, 5.74) is 6.49. The molecular formula is C11H13NO2. The molecular weight excluding hydrogens is 178 g/mol. The fourth-order valence-corrected chi connectivity index (χ4v) is 1.26. The minimum Gasteiger partial charge on any atom is -0.321 e. The van der Waals surface area contributed by atoms with Crippen molar-refractivity contribution in [2.24, 2.45) is 11.7 Å². The second kappa shape index (κ2) is 5.29. The maximum absolute atomic E-state index is 10.7. The van der Waals surface area contributed by atoms with Gasteiger partial charge in [0.25, 0.3) is 0 Å². The third kappa shape index (κ3) is 2.78. The zero-order valence-electron chi connectivity index (χ0n) is 7.80. The van der Waals surface area contributed by atoms with Gasteiger partial charge in [0.05, 0.1) is 6.04 Å². The van der Waals surface area contributed by atoms with E-state index in [0.717, 1.165) is 11.8 Å². The van der Waals surface area contributed by atoms with Gasteiger partial charge < -0.3 is 15.3 Å². The Morgan fingerprint density at radius 1 is 1.14 bits per heavy atom. The van der Waals surface area contributed by atoms with E-state index in [1.807, 2.05) is 30.3 Å². The molecule has 2 atom stereocenters. The molecule has 1 aromatic carbocycles. The van der Waals surface area contributed by atoms with Crippen molar-refractivity contribution in [3.63, 3.8) is 0 Å². The van der Waals surface area contributed by atoms with Gasteiger partial charge in [0, 0.05) is 5.92 Å². The quantitative estimate of drug-likeness (QED) is 0.692. The summed E-state index contributed by atoms with van der Waals surface area (Å²) in [4.78, 5) is 21.1. The zero-order valence-corrected chi connectivity index (χ0v) is 7.80. The molecule has 0 bridgehead atoms. The molecule has 0 fully saturated rings. The third-order valence-corrected chi connectivity index (χ3v) is 2.14. The van der Waals surface area contributed by atoms with E-state index >= 15 is 0 Å². The highest BCUT2D eigenvalue weighted by Gasteiger charge is 2.16. The number of hydrogen-bond donors (Lipinski definition) is 1. The van der Waals surface area contributed by atoms with Crippen LogP contribution in [0.4, 0.5) is 0 Å². The standard InChI is InChI=1S/C11H13NO2/c12-11(8-14)10(7-13)6-9-4-2-1-3-5-9/h1-5,7-8,10-11H,6,12H2/t10?,11-/m1/s1. The van der Waals surface area contributed by atoms with Crippen molar-refractivity contribution in [3.8, 4) is 0 Å². The highest BCUT2D eigenvalue weighted by molar-refractivity contribution is 5.67. The Labute approximate surface area is 82.9 Å². The molecule has 0 radical (unpaired) electrons. The van der Waals surface area contributed by atoms with E-state index in [4.69, 9.17) is 5.73 Å². The summed E-state index contributed by atoms with van der Waals surface area (Å²) < 4.78 is 0. The first-order valence-electron chi connectivity index (χ1n) is 4.48. The van der Waals surface area contributed by atoms with Crippen molar-refractivity contribution < 1.29 is 9.59 Å². The van der Waals surface area contributed by atoms with Crippen LogP contribution in [-0.4, -0.2) is 18.6 Å². The second-order valence-electron chi connectivity index (χ2n) is 3.20. The van der Waals surface area contributed by atoms with Gasteiger partial charge >= 0.3 is 0 Å². The van der Waals surface area contributed by atoms with Crippen LogP contribution in [0, 0.1) is 5.92 Å². The number of carbonyl (C=O) groups excluding carboxylic acids is 2. The van der Waals surface area contributed by atoms with E-state index in [2.05, 4.69) is 0 Å². The molecule has 0 saturated heterocycles. The summed E-state index contributed by atoms with van der Waals surface area (Å²) in [6, 6.07) is 8.81. The molecule has 0 spiro atoms. The van der Waals surface area contributed by atoms with Crippen LogP contribution in [0.25, 0.3) is 0 Å². The molecule has 0 saturated carbocycles. The SMILES string of the molecule is N[C@H](C=O)C(C=O)Cc1ccccc1. The number of nitrogens with two attached hydrogens (primary N) is 1. The van der Waals surface area contributed by atoms with Crippen LogP contribution in [0.15, 0.2) is 30.3 Å². The molecule has 3 nitrogen and oxygen atoms in total. The molecule has 1 rings (SSSR count). The van der Waals surface area contributed by atoms with E-state index in [0.29, 0.717) is 12.7 Å². The van der Waals surface area contributed by atoms with Crippen LogP contribution in [0.3, 0.4) is 0 Å². The molecule has 0 aliphatic carbocycles. The lowest BCUT2D eigenvalue weighted by Gasteiger charge is -2.12. The monoisotopic (exact) mass is 191 g/mol. The smallest absolute Gasteiger partial charge is 0.137 e. The van der Waals surface area contributed by atoms with Gasteiger partial charge in [-0.2, -0.15) is 0 Å². The van der Waals surface area contributed by atoms with Crippen molar-refractivity contribution in [1.82, 2.24) is 0 Å². The van der Waals surface area contributed by atoms with Crippen molar-refractivity contribution >= 4 is 12.6 Å². The van der Waals surface area contributed by atoms with Crippen molar-refractivity contribution in [2.75, 3.05) is 0 Å². The molecule has 1 unspecified atom stereocenters. The molecule has 14 heavy (non-hydrogen) atoms. The Kier molecular flexibility index (Phi) is 4.01. The summed E-state index contributed by atoms with van der Waals surface area (Å²) in [5.74, 6) is -0.421. The van der Waals surface area contributed by atoms with Gasteiger partial charge in [0.15, 0.2) is 0 Å². The summed E-state index contributed by atoms with van der Waals surface area (Å²) in [6.07, 6.45) is 1.87. The zero-order chi connectivity index (χ0) is 10.4. The topological polar surface area (TPSA) is 60.2 Å². The molecule has 1 aromatic rings. The maximum Gasteiger partial charge on any atom is 0.137 e. The normalized spacial score (nSPS) is 14.4. The summed E-state index contributed by atoms with van der Waals surface area (Å²) in [6.45, 7) is 0. The Morgan fingerprint density at radius 2 is 1.79 bits per heavy atom. The molecule has 0 heterocycles. The highest BCUT2D eigenvalue weighted by atomic mass is 16.1. The molecule has 74 valence electrons. The lowest BCUT2D eigenvalue weighted by atomic mass is 9.95. The Bertz CT molecular complexity index is 297. The summed E-state index contributed by atoms with van der Waals surface area (Å²) >= 11 is 0. The lowest BCUT2D eigenvalue weighted by Crippen LogP contribution is -2.33. The molecule has 0 amide bonds. The van der Waals surface area contributed by atoms with Gasteiger partial charge in [0.1, 0.15) is 12.6 Å². The van der Waals surface area contributed by atoms with Gasteiger partial charge in [-0.3, -0.25) is 0 Å². The highest BCUT2D eigenvalue weighted by Crippen LogP contribution is 2.08. The fourth-order valence-electron chi connectivity index (χ4n) is 1.26. The lowest BCUT2D eigenvalue weighted by molar-refractivity contribution is -0.116. The summed E-state index contributed by atoms with van der Waals surface area (Å²) in [5, 5.41) is 0. The predicted molar refractivity (Wildman–Crippen MR) is 53.7 cm³/mol. The van der Waals surface area contributed by atoms with Crippen LogP contribution >= 0.6 is 0 Å². The fraction of sp³-hybridized carbons (Fsp3) is 0.273. The minimum absolute atomic E-state index is 0.421. The minimum atomic E-state index is -0.701. The van der Waals surface area contributed by atoms with E-state index in [1.54, 1.807) is 0 Å². The van der Waals surface area contributed by atoms with E-state index in [9.17, 15) is 9.59 Å². The van der Waals surface area contributed by atoms with Gasteiger partial charge in [-0.25, -0.2) is 0 Å². The van der Waals surface area contributed by atoms with Crippen LogP contribution in [-0.2, 0) is 16.0 Å². The van der Waals surface area contributed by atoms with E-state index < -0.39 is 12.0 Å². The third-order valence-electron chi connectivity index (χ3n) is 2.14. The van der Waals surface area contributed by atoms with Crippen LogP contribution in [0.5, 0.6) is 0 Å². The Hall–Kier alpha value is -1.48. The van der Waals surface area contributed by atoms with Crippen molar-refractivity contribution in [1.29, 1.82) is 0 Å². The molecule has 2 N–H and O–H groups in total. The second-order valence-corrected chi connectivity index (χ2v) is 3.20. The van der Waals surface area contributed by atoms with Crippen LogP contribution < -0.4 is 5.73 Å². The average Bonchev–Trinajstić information content (AvgIpc) is 2.26. The average molecular weight is 191 g/mol. The molecule has 0 aromatic heterocycles. The molecule has 0 aliphatic rings. The Morgan fingerprint density at radius 3 is 2.29 bits per heavy atom. The first-order valence-corrected chi connectivity index (χ1v) is 4.48. The number of carbonyl (C=O) groups is 2. The van der Waals surface area contributed by atoms with Gasteiger partial charge in [0.2, 0.25) is 0 Å². The van der Waals surface area contributed by atoms with Crippen LogP contribution in [0.2, 0.25) is 0 Å². The van der Waals surface area contributed by atoms with Crippen molar-refractivity contribution in [3.05, 3.63) is 35.9 Å². The van der Waals surface area contributed by atoms with Gasteiger partial charge in [-0.05, 0) is 12.0 Å². The number of hydrogen-bond acceptors (Lipinski definition) is 3. The van der Waals surface area contributed by atoms with E-state index in [-0.39, 0.29) is 0 Å². The van der Waals surface area contributed by atoms with Gasteiger partial charge in [-0.15, -0.1) is 0 Å². The first-order chi connectivity index (χ1) is 6.77. The Balaban J connectivity index is 2.66. The van der Waals surface area contributed by atoms with E-state index in [1.165, 1.54) is 0 Å². The molecule has 0 aliphatic heterocycles. The maximum atomic E-state index is 10.7. The predicted octanol–water partition coefficient (Wildman–Crippen LogP) is 0.570. The number of benzene rings is 1. The van der Waals surface area contributed by atoms with Gasteiger partial charge in [-0.1, -0.05) is 30.3 Å².